The Bertz CT molecular complexity index is 523. The molecule has 4 heteroatoms. The van der Waals surface area contributed by atoms with Crippen LogP contribution < -0.4 is 5.32 Å². The summed E-state index contributed by atoms with van der Waals surface area (Å²) in [5, 5.41) is 14.0. The third-order valence-electron chi connectivity index (χ3n) is 3.09. The first-order valence-corrected chi connectivity index (χ1v) is 5.90. The lowest BCUT2D eigenvalue weighted by atomic mass is 9.93. The maximum Gasteiger partial charge on any atom is 0.159 e. The van der Waals surface area contributed by atoms with Crippen molar-refractivity contribution in [3.63, 3.8) is 0 Å². The van der Waals surface area contributed by atoms with Crippen molar-refractivity contribution in [2.24, 2.45) is 0 Å². The number of benzene rings is 1. The van der Waals surface area contributed by atoms with E-state index >= 15 is 0 Å². The highest BCUT2D eigenvalue weighted by Gasteiger charge is 2.18. The van der Waals surface area contributed by atoms with Gasteiger partial charge in [-0.3, -0.25) is 0 Å². The van der Waals surface area contributed by atoms with Gasteiger partial charge in [-0.25, -0.2) is 0 Å². The molecule has 2 aromatic rings. The van der Waals surface area contributed by atoms with Gasteiger partial charge in [-0.1, -0.05) is 35.9 Å². The number of anilines is 1. The molecule has 1 N–H and O–H groups in total. The van der Waals surface area contributed by atoms with Crippen LogP contribution in [-0.4, -0.2) is 16.2 Å². The first-order chi connectivity index (χ1) is 7.84. The zero-order valence-corrected chi connectivity index (χ0v) is 9.54. The van der Waals surface area contributed by atoms with E-state index in [9.17, 15) is 0 Å². The zero-order chi connectivity index (χ0) is 11.0. The van der Waals surface area contributed by atoms with Crippen LogP contribution in [0.4, 0.5) is 5.82 Å². The average Bonchev–Trinajstić information content (AvgIpc) is 2.26. The Hall–Kier alpha value is -1.35. The third kappa shape index (κ3) is 1.61. The van der Waals surface area contributed by atoms with E-state index < -0.39 is 0 Å². The highest BCUT2D eigenvalue weighted by Crippen LogP contribution is 2.29. The molecule has 1 aliphatic carbocycles. The maximum atomic E-state index is 6.01. The van der Waals surface area contributed by atoms with E-state index in [2.05, 4.69) is 15.5 Å². The second kappa shape index (κ2) is 3.91. The maximum absolute atomic E-state index is 6.01. The van der Waals surface area contributed by atoms with E-state index in [1.165, 1.54) is 19.3 Å². The van der Waals surface area contributed by atoms with Crippen molar-refractivity contribution in [3.8, 4) is 0 Å². The number of nitrogens with one attached hydrogen (secondary N) is 1. The molecule has 0 amide bonds. The molecule has 0 atom stereocenters. The van der Waals surface area contributed by atoms with Crippen molar-refractivity contribution in [2.75, 3.05) is 5.32 Å². The Morgan fingerprint density at radius 2 is 1.88 bits per heavy atom. The molecule has 0 spiro atoms. The van der Waals surface area contributed by atoms with Crippen molar-refractivity contribution in [1.29, 1.82) is 0 Å². The van der Waals surface area contributed by atoms with Gasteiger partial charge in [0.15, 0.2) is 11.0 Å². The lowest BCUT2D eigenvalue weighted by molar-refractivity contribution is 0.444. The van der Waals surface area contributed by atoms with Crippen molar-refractivity contribution in [2.45, 2.75) is 25.3 Å². The van der Waals surface area contributed by atoms with Gasteiger partial charge in [0.25, 0.3) is 0 Å². The topological polar surface area (TPSA) is 37.8 Å². The molecule has 1 fully saturated rings. The number of fused-ring (bicyclic) bond motifs is 1. The van der Waals surface area contributed by atoms with Gasteiger partial charge in [0.2, 0.25) is 0 Å². The summed E-state index contributed by atoms with van der Waals surface area (Å²) in [7, 11) is 0. The van der Waals surface area contributed by atoms with Crippen LogP contribution in [0.15, 0.2) is 24.3 Å². The van der Waals surface area contributed by atoms with E-state index in [4.69, 9.17) is 11.6 Å². The highest BCUT2D eigenvalue weighted by molar-refractivity contribution is 6.34. The highest BCUT2D eigenvalue weighted by atomic mass is 35.5. The van der Waals surface area contributed by atoms with Crippen LogP contribution in [0.5, 0.6) is 0 Å². The predicted molar refractivity (Wildman–Crippen MR) is 65.8 cm³/mol. The van der Waals surface area contributed by atoms with Crippen LogP contribution in [0.25, 0.3) is 10.8 Å². The molecule has 0 radical (unpaired) electrons. The molecule has 3 rings (SSSR count). The number of hydrogen-bond acceptors (Lipinski definition) is 3. The molecule has 0 bridgehead atoms. The van der Waals surface area contributed by atoms with Crippen LogP contribution in [0.1, 0.15) is 19.3 Å². The Morgan fingerprint density at radius 3 is 2.56 bits per heavy atom. The predicted octanol–water partition coefficient (Wildman–Crippen LogP) is 3.25. The molecule has 16 heavy (non-hydrogen) atoms. The molecular weight excluding hydrogens is 222 g/mol. The Labute approximate surface area is 98.8 Å². The molecule has 82 valence electrons. The van der Waals surface area contributed by atoms with Crippen LogP contribution in [0, 0.1) is 0 Å². The summed E-state index contributed by atoms with van der Waals surface area (Å²) in [6.07, 6.45) is 3.74. The van der Waals surface area contributed by atoms with Crippen molar-refractivity contribution in [1.82, 2.24) is 10.2 Å². The second-order valence-electron chi connectivity index (χ2n) is 4.16. The number of nitrogens with zero attached hydrogens (tertiary/aromatic N) is 2. The normalized spacial score (nSPS) is 16.1. The van der Waals surface area contributed by atoms with Crippen LogP contribution >= 0.6 is 11.6 Å². The van der Waals surface area contributed by atoms with Crippen molar-refractivity contribution < 1.29 is 0 Å². The van der Waals surface area contributed by atoms with Crippen molar-refractivity contribution >= 4 is 28.2 Å². The largest absolute Gasteiger partial charge is 0.365 e. The summed E-state index contributed by atoms with van der Waals surface area (Å²) in [6, 6.07) is 8.50. The molecular formula is C12H12ClN3. The minimum atomic E-state index is 0.467. The molecule has 3 nitrogen and oxygen atoms in total. The van der Waals surface area contributed by atoms with Gasteiger partial charge in [0.1, 0.15) is 0 Å². The van der Waals surface area contributed by atoms with Gasteiger partial charge < -0.3 is 5.32 Å². The van der Waals surface area contributed by atoms with Gasteiger partial charge in [-0.15, -0.1) is 10.2 Å². The van der Waals surface area contributed by atoms with E-state index in [-0.39, 0.29) is 0 Å². The SMILES string of the molecule is Clc1nnc(NC2CCC2)c2ccccc12. The molecule has 1 heterocycles. The zero-order valence-electron chi connectivity index (χ0n) is 8.78. The van der Waals surface area contributed by atoms with Gasteiger partial charge in [0.05, 0.1) is 0 Å². The van der Waals surface area contributed by atoms with Gasteiger partial charge >= 0.3 is 0 Å². The molecule has 1 aliphatic rings. The van der Waals surface area contributed by atoms with Crippen LogP contribution in [-0.2, 0) is 0 Å². The average molecular weight is 234 g/mol. The van der Waals surface area contributed by atoms with E-state index in [0.29, 0.717) is 11.2 Å². The fraction of sp³-hybridized carbons (Fsp3) is 0.333. The summed E-state index contributed by atoms with van der Waals surface area (Å²) in [4.78, 5) is 0. The minimum absolute atomic E-state index is 0.467. The van der Waals surface area contributed by atoms with Crippen molar-refractivity contribution in [3.05, 3.63) is 29.4 Å². The number of rotatable bonds is 2. The van der Waals surface area contributed by atoms with Gasteiger partial charge in [-0.05, 0) is 19.3 Å². The molecule has 1 saturated carbocycles. The lowest BCUT2D eigenvalue weighted by Gasteiger charge is -2.27. The number of aromatic nitrogens is 2. The monoisotopic (exact) mass is 233 g/mol. The quantitative estimate of drug-likeness (QED) is 0.865. The fourth-order valence-electron chi connectivity index (χ4n) is 1.92. The molecule has 1 aromatic heterocycles. The van der Waals surface area contributed by atoms with E-state index in [0.717, 1.165) is 16.6 Å². The second-order valence-corrected chi connectivity index (χ2v) is 4.52. The summed E-state index contributed by atoms with van der Waals surface area (Å²) in [6.45, 7) is 0. The Balaban J connectivity index is 2.06. The Kier molecular flexibility index (Phi) is 2.40. The Morgan fingerprint density at radius 1 is 1.12 bits per heavy atom. The summed E-state index contributed by atoms with van der Waals surface area (Å²) < 4.78 is 0. The third-order valence-corrected chi connectivity index (χ3v) is 3.37. The van der Waals surface area contributed by atoms with Gasteiger partial charge in [0, 0.05) is 16.8 Å². The van der Waals surface area contributed by atoms with Gasteiger partial charge in [-0.2, -0.15) is 0 Å². The molecule has 0 saturated heterocycles. The van der Waals surface area contributed by atoms with E-state index in [1.807, 2.05) is 24.3 Å². The van der Waals surface area contributed by atoms with Crippen LogP contribution in [0.3, 0.4) is 0 Å². The summed E-state index contributed by atoms with van der Waals surface area (Å²) in [5.41, 5.74) is 0. The smallest absolute Gasteiger partial charge is 0.159 e. The first-order valence-electron chi connectivity index (χ1n) is 5.52. The number of halogens is 1. The van der Waals surface area contributed by atoms with E-state index in [1.54, 1.807) is 0 Å². The first kappa shape index (κ1) is 9.85. The number of hydrogen-bond donors (Lipinski definition) is 1. The minimum Gasteiger partial charge on any atom is -0.365 e. The molecule has 1 aromatic carbocycles. The lowest BCUT2D eigenvalue weighted by Crippen LogP contribution is -2.27. The standard InChI is InChI=1S/C12H12ClN3/c13-11-9-6-1-2-7-10(9)12(16-15-11)14-8-4-3-5-8/h1-2,6-8H,3-5H2,(H,14,16). The van der Waals surface area contributed by atoms with Crippen LogP contribution in [0.2, 0.25) is 5.15 Å². The fourth-order valence-corrected chi connectivity index (χ4v) is 2.13. The summed E-state index contributed by atoms with van der Waals surface area (Å²) >= 11 is 6.01. The molecule has 0 unspecified atom stereocenters. The summed E-state index contributed by atoms with van der Waals surface area (Å²) in [5.74, 6) is 0.852. The molecule has 0 aliphatic heterocycles.